The van der Waals surface area contributed by atoms with Crippen molar-refractivity contribution in [1.82, 2.24) is 5.32 Å². The standard InChI is InChI=1S/C34H49N3O11/c1-31(2,3)27(38)44-18-22-23(46-28(39)32(4,5)6)24(47-29(40)33(7,8)9)25(48-30(41)34(10,11)12)26(45-22)36-21(17-35)19-13-15-20(16-14-19)37(42)43/h13-16,21-26,36H,18H2,1-12H3/t21?,22?,23-,24-,25?,26-/m1/s1. The molecular weight excluding hydrogens is 626 g/mol. The third kappa shape index (κ3) is 10.7. The van der Waals surface area contributed by atoms with Gasteiger partial charge in [-0.1, -0.05) is 0 Å². The number of hydrogen-bond donors (Lipinski definition) is 1. The Labute approximate surface area is 281 Å². The molecule has 1 aromatic carbocycles. The van der Waals surface area contributed by atoms with E-state index in [1.807, 2.05) is 0 Å². The summed E-state index contributed by atoms with van der Waals surface area (Å²) in [5.41, 5.74) is -3.92. The zero-order valence-electron chi connectivity index (χ0n) is 29.9. The highest BCUT2D eigenvalue weighted by atomic mass is 16.7. The Balaban J connectivity index is 2.76. The third-order valence-electron chi connectivity index (χ3n) is 7.09. The number of non-ortho nitro benzene ring substituents is 1. The van der Waals surface area contributed by atoms with Gasteiger partial charge in [0.05, 0.1) is 32.7 Å². The number of nitro benzene ring substituents is 1. The number of nitrogens with zero attached hydrogens (tertiary/aromatic N) is 2. The molecule has 1 fully saturated rings. The molecule has 0 aromatic heterocycles. The zero-order valence-corrected chi connectivity index (χ0v) is 29.9. The monoisotopic (exact) mass is 675 g/mol. The number of nitrogens with one attached hydrogen (secondary N) is 1. The lowest BCUT2D eigenvalue weighted by atomic mass is 9.92. The first-order chi connectivity index (χ1) is 21.8. The SMILES string of the molecule is CC(C)(C)C(=O)OCC1O[C@@H](NC(C#N)c2ccc([N+](=O)[O-])cc2)C(OC(=O)C(C)(C)C)[C@H](OC(=O)C(C)(C)C)[C@@H]1OC(=O)C(C)(C)C. The second kappa shape index (κ2) is 15.0. The van der Waals surface area contributed by atoms with Gasteiger partial charge in [0.15, 0.2) is 24.5 Å². The van der Waals surface area contributed by atoms with Crippen LogP contribution in [0.4, 0.5) is 5.69 Å². The largest absolute Gasteiger partial charge is 0.462 e. The third-order valence-corrected chi connectivity index (χ3v) is 7.09. The van der Waals surface area contributed by atoms with Crippen molar-refractivity contribution < 1.29 is 47.8 Å². The van der Waals surface area contributed by atoms with Crippen LogP contribution in [0.5, 0.6) is 0 Å². The molecule has 48 heavy (non-hydrogen) atoms. The van der Waals surface area contributed by atoms with Crippen LogP contribution >= 0.6 is 0 Å². The summed E-state index contributed by atoms with van der Waals surface area (Å²) >= 11 is 0. The molecule has 0 aliphatic carbocycles. The molecule has 6 atom stereocenters. The van der Waals surface area contributed by atoms with E-state index in [0.29, 0.717) is 5.56 Å². The number of carbonyl (C=O) groups is 4. The number of rotatable bonds is 9. The Hall–Kier alpha value is -4.09. The van der Waals surface area contributed by atoms with Crippen LogP contribution in [0, 0.1) is 43.1 Å². The Morgan fingerprint density at radius 3 is 1.58 bits per heavy atom. The van der Waals surface area contributed by atoms with Gasteiger partial charge in [-0.25, -0.2) is 0 Å². The van der Waals surface area contributed by atoms with Crippen LogP contribution in [0.2, 0.25) is 0 Å². The number of nitriles is 1. The summed E-state index contributed by atoms with van der Waals surface area (Å²) < 4.78 is 29.8. The molecule has 2 rings (SSSR count). The molecule has 1 aliphatic rings. The van der Waals surface area contributed by atoms with Crippen molar-refractivity contribution in [2.24, 2.45) is 21.7 Å². The molecule has 0 amide bonds. The highest BCUT2D eigenvalue weighted by molar-refractivity contribution is 5.78. The molecule has 0 saturated carbocycles. The molecule has 0 radical (unpaired) electrons. The van der Waals surface area contributed by atoms with Gasteiger partial charge < -0.3 is 23.7 Å². The topological polar surface area (TPSA) is 193 Å². The number of carbonyl (C=O) groups excluding carboxylic acids is 4. The molecule has 1 aromatic rings. The Kier molecular flexibility index (Phi) is 12.5. The predicted octanol–water partition coefficient (Wildman–Crippen LogP) is 4.94. The first-order valence-electron chi connectivity index (χ1n) is 15.6. The van der Waals surface area contributed by atoms with E-state index in [9.17, 15) is 34.6 Å². The Morgan fingerprint density at radius 2 is 1.19 bits per heavy atom. The van der Waals surface area contributed by atoms with E-state index in [0.717, 1.165) is 0 Å². The van der Waals surface area contributed by atoms with E-state index in [1.54, 1.807) is 83.1 Å². The van der Waals surface area contributed by atoms with Crippen molar-refractivity contribution in [2.75, 3.05) is 6.61 Å². The van der Waals surface area contributed by atoms with Gasteiger partial charge in [-0.15, -0.1) is 0 Å². The molecular formula is C34H49N3O11. The van der Waals surface area contributed by atoms with Crippen molar-refractivity contribution in [1.29, 1.82) is 5.26 Å². The molecule has 266 valence electrons. The molecule has 14 heteroatoms. The number of benzene rings is 1. The van der Waals surface area contributed by atoms with E-state index in [2.05, 4.69) is 11.4 Å². The van der Waals surface area contributed by atoms with Gasteiger partial charge in [-0.3, -0.25) is 34.6 Å². The minimum absolute atomic E-state index is 0.195. The summed E-state index contributed by atoms with van der Waals surface area (Å²) in [4.78, 5) is 63.6. The maximum atomic E-state index is 13.4. The van der Waals surface area contributed by atoms with Crippen LogP contribution in [0.1, 0.15) is 94.7 Å². The summed E-state index contributed by atoms with van der Waals surface area (Å²) in [6.45, 7) is 19.0. The van der Waals surface area contributed by atoms with E-state index >= 15 is 0 Å². The van der Waals surface area contributed by atoms with Crippen molar-refractivity contribution in [2.45, 2.75) is 120 Å². The Bertz CT molecular complexity index is 1390. The van der Waals surface area contributed by atoms with Crippen molar-refractivity contribution in [3.05, 3.63) is 39.9 Å². The van der Waals surface area contributed by atoms with Gasteiger partial charge in [0, 0.05) is 12.1 Å². The summed E-state index contributed by atoms with van der Waals surface area (Å²) in [7, 11) is 0. The average Bonchev–Trinajstić information content (AvgIpc) is 2.95. The van der Waals surface area contributed by atoms with Crippen LogP contribution in [0.25, 0.3) is 0 Å². The minimum atomic E-state index is -1.50. The van der Waals surface area contributed by atoms with Crippen LogP contribution < -0.4 is 5.32 Å². The smallest absolute Gasteiger partial charge is 0.311 e. The van der Waals surface area contributed by atoms with Crippen molar-refractivity contribution >= 4 is 29.6 Å². The van der Waals surface area contributed by atoms with Crippen LogP contribution in [-0.4, -0.2) is 66.1 Å². The van der Waals surface area contributed by atoms with Crippen LogP contribution in [-0.2, 0) is 42.9 Å². The van der Waals surface area contributed by atoms with E-state index < -0.39 is 93.8 Å². The second-order valence-corrected chi connectivity index (χ2v) is 15.9. The first kappa shape index (κ1) is 40.1. The molecule has 0 bridgehead atoms. The summed E-state index contributed by atoms with van der Waals surface area (Å²) in [5, 5.41) is 24.3. The van der Waals surface area contributed by atoms with Gasteiger partial charge in [-0.05, 0) is 101 Å². The summed E-state index contributed by atoms with van der Waals surface area (Å²) in [6, 6.07) is 6.10. The predicted molar refractivity (Wildman–Crippen MR) is 172 cm³/mol. The second-order valence-electron chi connectivity index (χ2n) is 15.9. The molecule has 0 spiro atoms. The van der Waals surface area contributed by atoms with Crippen LogP contribution in [0.3, 0.4) is 0 Å². The molecule has 14 nitrogen and oxygen atoms in total. The highest BCUT2D eigenvalue weighted by Crippen LogP contribution is 2.34. The van der Waals surface area contributed by atoms with E-state index in [4.69, 9.17) is 23.7 Å². The minimum Gasteiger partial charge on any atom is -0.462 e. The fraction of sp³-hybridized carbons (Fsp3) is 0.676. The molecule has 1 aliphatic heterocycles. The quantitative estimate of drug-likeness (QED) is 0.160. The molecule has 3 unspecified atom stereocenters. The van der Waals surface area contributed by atoms with Gasteiger partial charge in [-0.2, -0.15) is 5.26 Å². The van der Waals surface area contributed by atoms with E-state index in [1.165, 1.54) is 24.3 Å². The summed E-state index contributed by atoms with van der Waals surface area (Å²) in [6.07, 6.45) is -7.12. The number of ether oxygens (including phenoxy) is 5. The maximum Gasteiger partial charge on any atom is 0.311 e. The van der Waals surface area contributed by atoms with Gasteiger partial charge in [0.25, 0.3) is 5.69 Å². The lowest BCUT2D eigenvalue weighted by molar-refractivity contribution is -0.384. The highest BCUT2D eigenvalue weighted by Gasteiger charge is 2.55. The van der Waals surface area contributed by atoms with Crippen LogP contribution in [0.15, 0.2) is 24.3 Å². The normalized spacial score (nSPS) is 22.4. The van der Waals surface area contributed by atoms with Gasteiger partial charge in [0.1, 0.15) is 18.8 Å². The van der Waals surface area contributed by atoms with E-state index in [-0.39, 0.29) is 5.69 Å². The number of esters is 4. The van der Waals surface area contributed by atoms with Gasteiger partial charge >= 0.3 is 23.9 Å². The fourth-order valence-electron chi connectivity index (χ4n) is 4.02. The van der Waals surface area contributed by atoms with Crippen molar-refractivity contribution in [3.63, 3.8) is 0 Å². The summed E-state index contributed by atoms with van der Waals surface area (Å²) in [5.74, 6) is -2.74. The lowest BCUT2D eigenvalue weighted by Crippen LogP contribution is -2.66. The molecule has 1 saturated heterocycles. The lowest BCUT2D eigenvalue weighted by Gasteiger charge is -2.46. The van der Waals surface area contributed by atoms with Crippen molar-refractivity contribution in [3.8, 4) is 6.07 Å². The Morgan fingerprint density at radius 1 is 0.771 bits per heavy atom. The zero-order chi connectivity index (χ0) is 37.0. The fourth-order valence-corrected chi connectivity index (χ4v) is 4.02. The number of nitro groups is 1. The maximum absolute atomic E-state index is 13.4. The van der Waals surface area contributed by atoms with Gasteiger partial charge in [0.2, 0.25) is 0 Å². The first-order valence-corrected chi connectivity index (χ1v) is 15.6. The average molecular weight is 676 g/mol. The number of hydrogen-bond acceptors (Lipinski definition) is 13. The molecule has 1 heterocycles. The molecule has 1 N–H and O–H groups in total.